The van der Waals surface area contributed by atoms with Crippen LogP contribution in [0.15, 0.2) is 60.7 Å². The van der Waals surface area contributed by atoms with Crippen LogP contribution in [0.4, 0.5) is 23.2 Å². The van der Waals surface area contributed by atoms with Gasteiger partial charge in [0.2, 0.25) is 0 Å². The van der Waals surface area contributed by atoms with Crippen LogP contribution in [0.3, 0.4) is 0 Å². The number of aryl methyl sites for hydroxylation is 2. The zero-order chi connectivity index (χ0) is 37.7. The number of anilines is 1. The molecule has 276 valence electrons. The fourth-order valence-electron chi connectivity index (χ4n) is 5.76. The first kappa shape index (κ1) is 40.5. The summed E-state index contributed by atoms with van der Waals surface area (Å²) in [5.41, 5.74) is 15.0. The third kappa shape index (κ3) is 11.9. The van der Waals surface area contributed by atoms with E-state index in [0.717, 1.165) is 83.4 Å². The van der Waals surface area contributed by atoms with Crippen molar-refractivity contribution in [3.63, 3.8) is 0 Å². The number of nitrogens with two attached hydrogens (primary N) is 2. The number of fused-ring (bicyclic) bond motifs is 1. The lowest BCUT2D eigenvalue weighted by molar-refractivity contribution is -0.137. The number of carboxylic acid groups (broad SMARTS) is 1. The first-order chi connectivity index (χ1) is 24.2. The molecule has 9 nitrogen and oxygen atoms in total. The number of alkyl halides is 3. The van der Waals surface area contributed by atoms with Crippen molar-refractivity contribution in [1.29, 1.82) is 0 Å². The fourth-order valence-corrected chi connectivity index (χ4v) is 5.76. The smallest absolute Gasteiger partial charge is 0.389 e. The van der Waals surface area contributed by atoms with E-state index in [1.807, 2.05) is 24.3 Å². The van der Waals surface area contributed by atoms with Gasteiger partial charge < -0.3 is 30.8 Å². The van der Waals surface area contributed by atoms with E-state index in [2.05, 4.69) is 29.2 Å². The monoisotopic (exact) mass is 715 g/mol. The Kier molecular flexibility index (Phi) is 15.0. The predicted molar refractivity (Wildman–Crippen MR) is 190 cm³/mol. The van der Waals surface area contributed by atoms with Crippen molar-refractivity contribution in [2.45, 2.75) is 52.3 Å². The molecule has 0 aromatic heterocycles. The van der Waals surface area contributed by atoms with E-state index in [1.165, 1.54) is 13.0 Å². The number of rotatable bonds is 10. The van der Waals surface area contributed by atoms with Gasteiger partial charge in [0.25, 0.3) is 5.91 Å². The number of nitrogens with zero attached hydrogens (tertiary/aromatic N) is 1. The number of nitrogen functional groups attached to an aromatic ring is 1. The molecular formula is C38H45F4N3O6. The molecule has 0 atom stereocenters. The number of hydrogen-bond donors (Lipinski definition) is 3. The largest absolute Gasteiger partial charge is 0.496 e. The quantitative estimate of drug-likeness (QED) is 0.113. The average molecular weight is 716 g/mol. The average Bonchev–Trinajstić information content (AvgIpc) is 3.06. The number of primary amides is 1. The predicted octanol–water partition coefficient (Wildman–Crippen LogP) is 7.54. The van der Waals surface area contributed by atoms with Crippen LogP contribution in [-0.4, -0.2) is 68.6 Å². The van der Waals surface area contributed by atoms with E-state index < -0.39 is 30.3 Å². The highest BCUT2D eigenvalue weighted by molar-refractivity contribution is 6.01. The molecule has 1 amide bonds. The summed E-state index contributed by atoms with van der Waals surface area (Å²) in [6.07, 6.45) is -3.83. The minimum atomic E-state index is -3.95. The molecule has 1 saturated heterocycles. The molecule has 0 saturated carbocycles. The lowest BCUT2D eigenvalue weighted by Crippen LogP contribution is -2.35. The zero-order valence-electron chi connectivity index (χ0n) is 29.2. The number of methoxy groups -OCH3 is 2. The SMILES string of the molecule is CCCC(F)(F)F.COc1cc(CN2CCOCC2)cc(OC)c1-c1cccc2c(CCC(=O)O)cccc12.Cc1cc(N)cc(F)c1C(N)=O. The second-order valence-corrected chi connectivity index (χ2v) is 11.9. The number of ether oxygens (including phenoxy) is 3. The molecule has 0 radical (unpaired) electrons. The maximum Gasteiger partial charge on any atom is 0.389 e. The van der Waals surface area contributed by atoms with Crippen LogP contribution in [0.2, 0.25) is 0 Å². The number of carboxylic acids is 1. The number of hydrogen-bond acceptors (Lipinski definition) is 7. The molecule has 4 aromatic rings. The van der Waals surface area contributed by atoms with Crippen molar-refractivity contribution >= 4 is 28.3 Å². The Bertz CT molecular complexity index is 1740. The Balaban J connectivity index is 0.000000303. The number of morpholine rings is 1. The molecule has 4 aromatic carbocycles. The summed E-state index contributed by atoms with van der Waals surface area (Å²) in [6, 6.07) is 18.9. The molecule has 1 fully saturated rings. The second kappa shape index (κ2) is 18.9. The van der Waals surface area contributed by atoms with Crippen LogP contribution < -0.4 is 20.9 Å². The highest BCUT2D eigenvalue weighted by Crippen LogP contribution is 2.43. The van der Waals surface area contributed by atoms with Crippen molar-refractivity contribution in [2.75, 3.05) is 46.3 Å². The standard InChI is InChI=1S/C26H29NO5.C8H9FN2O.C4H7F3/c1-30-23-15-18(17-27-11-13-32-14-12-27)16-24(31-2)26(23)22-8-4-6-20-19(9-10-25(28)29)5-3-7-21(20)22;1-4-2-5(10)3-6(9)7(4)8(11)12;1-2-3-4(5,6)7/h3-8,15-16H,9-14,17H2,1-2H3,(H,28,29);2-3H,10H2,1H3,(H2,11,12);2-3H2,1H3. The molecule has 51 heavy (non-hydrogen) atoms. The summed E-state index contributed by atoms with van der Waals surface area (Å²) in [5, 5.41) is 11.2. The van der Waals surface area contributed by atoms with Gasteiger partial charge in [0.15, 0.2) is 0 Å². The van der Waals surface area contributed by atoms with E-state index in [-0.39, 0.29) is 24.1 Å². The molecule has 5 N–H and O–H groups in total. The molecule has 13 heteroatoms. The van der Waals surface area contributed by atoms with Crippen LogP contribution in [-0.2, 0) is 22.5 Å². The van der Waals surface area contributed by atoms with Crippen LogP contribution in [0.1, 0.15) is 53.2 Å². The normalized spacial score (nSPS) is 13.0. The van der Waals surface area contributed by atoms with Crippen molar-refractivity contribution < 1.29 is 46.5 Å². The number of carbonyl (C=O) groups is 2. The summed E-state index contributed by atoms with van der Waals surface area (Å²) in [5.74, 6) is -0.713. The van der Waals surface area contributed by atoms with E-state index >= 15 is 0 Å². The number of benzene rings is 4. The van der Waals surface area contributed by atoms with Gasteiger partial charge in [-0.25, -0.2) is 4.39 Å². The summed E-state index contributed by atoms with van der Waals surface area (Å²) in [7, 11) is 3.36. The molecule has 1 heterocycles. The van der Waals surface area contributed by atoms with Gasteiger partial charge in [0.05, 0.1) is 38.6 Å². The van der Waals surface area contributed by atoms with E-state index in [1.54, 1.807) is 21.1 Å². The first-order valence-electron chi connectivity index (χ1n) is 16.4. The van der Waals surface area contributed by atoms with Gasteiger partial charge in [-0.15, -0.1) is 0 Å². The number of carbonyl (C=O) groups excluding carboxylic acids is 1. The van der Waals surface area contributed by atoms with Gasteiger partial charge in [-0.1, -0.05) is 43.3 Å². The topological polar surface area (TPSA) is 137 Å². The fraction of sp³-hybridized carbons (Fsp3) is 0.368. The maximum atomic E-state index is 13.0. The highest BCUT2D eigenvalue weighted by atomic mass is 19.4. The van der Waals surface area contributed by atoms with Crippen molar-refractivity contribution in [2.24, 2.45) is 5.73 Å². The van der Waals surface area contributed by atoms with Crippen molar-refractivity contribution in [1.82, 2.24) is 4.90 Å². The number of halogens is 4. The third-order valence-corrected chi connectivity index (χ3v) is 8.06. The summed E-state index contributed by atoms with van der Waals surface area (Å²) in [4.78, 5) is 24.2. The molecule has 0 spiro atoms. The number of aliphatic carboxylic acids is 1. The van der Waals surface area contributed by atoms with Crippen LogP contribution in [0, 0.1) is 12.7 Å². The summed E-state index contributed by atoms with van der Waals surface area (Å²) >= 11 is 0. The minimum absolute atomic E-state index is 0.0933. The van der Waals surface area contributed by atoms with Gasteiger partial charge in [0.1, 0.15) is 17.3 Å². The molecule has 1 aliphatic heterocycles. The summed E-state index contributed by atoms with van der Waals surface area (Å²) in [6.45, 7) is 7.24. The van der Waals surface area contributed by atoms with Crippen LogP contribution >= 0.6 is 0 Å². The van der Waals surface area contributed by atoms with Crippen LogP contribution in [0.5, 0.6) is 11.5 Å². The first-order valence-corrected chi connectivity index (χ1v) is 16.4. The van der Waals surface area contributed by atoms with Gasteiger partial charge in [-0.05, 0) is 77.1 Å². The van der Waals surface area contributed by atoms with Crippen LogP contribution in [0.25, 0.3) is 21.9 Å². The van der Waals surface area contributed by atoms with Gasteiger partial charge in [0, 0.05) is 38.2 Å². The Hall–Kier alpha value is -4.88. The van der Waals surface area contributed by atoms with Gasteiger partial charge in [-0.3, -0.25) is 14.5 Å². The van der Waals surface area contributed by atoms with E-state index in [9.17, 15) is 27.2 Å². The molecule has 0 bridgehead atoms. The highest BCUT2D eigenvalue weighted by Gasteiger charge is 2.24. The third-order valence-electron chi connectivity index (χ3n) is 8.06. The van der Waals surface area contributed by atoms with Crippen molar-refractivity contribution in [3.8, 4) is 22.6 Å². The lowest BCUT2D eigenvalue weighted by atomic mass is 9.92. The Morgan fingerprint density at radius 3 is 2.08 bits per heavy atom. The van der Waals surface area contributed by atoms with E-state index in [4.69, 9.17) is 30.8 Å². The lowest BCUT2D eigenvalue weighted by Gasteiger charge is -2.27. The van der Waals surface area contributed by atoms with E-state index in [0.29, 0.717) is 12.0 Å². The minimum Gasteiger partial charge on any atom is -0.496 e. The zero-order valence-corrected chi connectivity index (χ0v) is 29.2. The Labute approximate surface area is 295 Å². The molecule has 0 aliphatic carbocycles. The summed E-state index contributed by atoms with van der Waals surface area (Å²) < 4.78 is 63.3. The molecule has 0 unspecified atom stereocenters. The molecule has 1 aliphatic rings. The number of amides is 1. The van der Waals surface area contributed by atoms with Gasteiger partial charge >= 0.3 is 12.1 Å². The molecular weight excluding hydrogens is 670 g/mol. The Morgan fingerprint density at radius 1 is 0.961 bits per heavy atom. The maximum absolute atomic E-state index is 13.0. The second-order valence-electron chi connectivity index (χ2n) is 11.9. The van der Waals surface area contributed by atoms with Crippen molar-refractivity contribution in [3.05, 3.63) is 88.7 Å². The van der Waals surface area contributed by atoms with Gasteiger partial charge in [-0.2, -0.15) is 13.2 Å². The molecule has 5 rings (SSSR count). The Morgan fingerprint density at radius 2 is 1.57 bits per heavy atom.